The van der Waals surface area contributed by atoms with E-state index >= 15 is 0 Å². The number of nitrogens with zero attached hydrogens (tertiary/aromatic N) is 4. The quantitative estimate of drug-likeness (QED) is 0.722. The van der Waals surface area contributed by atoms with Crippen molar-refractivity contribution >= 4 is 15.8 Å². The Morgan fingerprint density at radius 1 is 1.07 bits per heavy atom. The Balaban J connectivity index is 1.64. The number of aromatic nitrogens is 2. The number of hydrogen-bond donors (Lipinski definition) is 0. The summed E-state index contributed by atoms with van der Waals surface area (Å²) in [5.41, 5.74) is 0.809. The van der Waals surface area contributed by atoms with Gasteiger partial charge in [0.1, 0.15) is 11.6 Å². The first kappa shape index (κ1) is 19.6. The first-order chi connectivity index (χ1) is 13.0. The van der Waals surface area contributed by atoms with E-state index in [1.54, 1.807) is 4.31 Å². The first-order valence-electron chi connectivity index (χ1n) is 9.23. The summed E-state index contributed by atoms with van der Waals surface area (Å²) < 4.78 is 32.6. The fourth-order valence-electron chi connectivity index (χ4n) is 3.04. The van der Waals surface area contributed by atoms with Gasteiger partial charge in [-0.2, -0.15) is 9.29 Å². The average molecular weight is 391 g/mol. The molecule has 1 aliphatic rings. The minimum Gasteiger partial charge on any atom is -0.478 e. The van der Waals surface area contributed by atoms with Gasteiger partial charge in [0.25, 0.3) is 0 Å². The smallest absolute Gasteiger partial charge is 0.218 e. The highest BCUT2D eigenvalue weighted by Gasteiger charge is 2.28. The summed E-state index contributed by atoms with van der Waals surface area (Å²) in [6.45, 7) is 6.58. The molecule has 1 aromatic carbocycles. The van der Waals surface area contributed by atoms with Crippen LogP contribution in [0.4, 0.5) is 5.82 Å². The van der Waals surface area contributed by atoms with Gasteiger partial charge < -0.3 is 9.64 Å². The van der Waals surface area contributed by atoms with Gasteiger partial charge in [-0.05, 0) is 18.9 Å². The Hall–Kier alpha value is -2.19. The number of hydrogen-bond acceptors (Lipinski definition) is 6. The van der Waals surface area contributed by atoms with E-state index < -0.39 is 10.0 Å². The Morgan fingerprint density at radius 2 is 1.78 bits per heavy atom. The number of ether oxygens (including phenoxy) is 1. The lowest BCUT2D eigenvalue weighted by molar-refractivity contribution is 0.303. The lowest BCUT2D eigenvalue weighted by Crippen LogP contribution is -2.49. The molecule has 0 atom stereocenters. The van der Waals surface area contributed by atoms with Crippen LogP contribution < -0.4 is 9.64 Å². The number of aryl methyl sites for hydroxylation is 1. The van der Waals surface area contributed by atoms with Crippen molar-refractivity contribution in [1.82, 2.24) is 14.3 Å². The normalized spacial score (nSPS) is 15.7. The average Bonchev–Trinajstić information content (AvgIpc) is 2.66. The van der Waals surface area contributed by atoms with Gasteiger partial charge in [-0.25, -0.2) is 13.4 Å². The van der Waals surface area contributed by atoms with Crippen molar-refractivity contribution in [2.75, 3.05) is 37.7 Å². The highest BCUT2D eigenvalue weighted by Crippen LogP contribution is 2.21. The van der Waals surface area contributed by atoms with Gasteiger partial charge in [0, 0.05) is 32.2 Å². The minimum atomic E-state index is -3.32. The molecule has 2 heterocycles. The minimum absolute atomic E-state index is 0.0372. The summed E-state index contributed by atoms with van der Waals surface area (Å²) >= 11 is 0. The van der Waals surface area contributed by atoms with E-state index in [1.807, 2.05) is 50.2 Å². The van der Waals surface area contributed by atoms with Crippen LogP contribution in [0, 0.1) is 6.92 Å². The molecule has 0 saturated carbocycles. The maximum absolute atomic E-state index is 12.7. The van der Waals surface area contributed by atoms with Crippen LogP contribution >= 0.6 is 0 Å². The van der Waals surface area contributed by atoms with Crippen molar-refractivity contribution in [3.05, 3.63) is 47.8 Å². The van der Waals surface area contributed by atoms with Crippen LogP contribution in [0.15, 0.2) is 36.4 Å². The lowest BCUT2D eigenvalue weighted by Gasteiger charge is -2.34. The van der Waals surface area contributed by atoms with Crippen LogP contribution in [0.5, 0.6) is 5.88 Å². The summed E-state index contributed by atoms with van der Waals surface area (Å²) in [6, 6.07) is 11.1. The van der Waals surface area contributed by atoms with Crippen LogP contribution in [0.3, 0.4) is 0 Å². The second-order valence-corrected chi connectivity index (χ2v) is 8.56. The third-order valence-corrected chi connectivity index (χ3v) is 6.25. The predicted molar refractivity (Wildman–Crippen MR) is 105 cm³/mol. The maximum atomic E-state index is 12.7. The highest BCUT2D eigenvalue weighted by atomic mass is 32.2. The van der Waals surface area contributed by atoms with Crippen LogP contribution in [0.2, 0.25) is 0 Å². The second kappa shape index (κ2) is 8.67. The molecule has 3 rings (SSSR count). The molecule has 0 spiro atoms. The van der Waals surface area contributed by atoms with E-state index in [0.29, 0.717) is 44.5 Å². The zero-order chi connectivity index (χ0) is 19.3. The van der Waals surface area contributed by atoms with Crippen LogP contribution in [0.1, 0.15) is 24.7 Å². The molecule has 1 aliphatic heterocycles. The van der Waals surface area contributed by atoms with E-state index in [0.717, 1.165) is 17.8 Å². The molecular weight excluding hydrogens is 364 g/mol. The number of benzene rings is 1. The number of anilines is 1. The zero-order valence-electron chi connectivity index (χ0n) is 15.8. The Morgan fingerprint density at radius 3 is 2.44 bits per heavy atom. The van der Waals surface area contributed by atoms with Gasteiger partial charge in [0.15, 0.2) is 0 Å². The standard InChI is InChI=1S/C19H26N4O3S/c1-3-13-26-19-14-18(20-16(2)21-19)22-9-11-23(12-10-22)27(24,25)15-17-7-5-4-6-8-17/h4-8,14H,3,9-13,15H2,1-2H3. The topological polar surface area (TPSA) is 75.6 Å². The zero-order valence-corrected chi connectivity index (χ0v) is 16.7. The largest absolute Gasteiger partial charge is 0.478 e. The van der Waals surface area contributed by atoms with Crippen molar-refractivity contribution in [3.63, 3.8) is 0 Å². The summed E-state index contributed by atoms with van der Waals surface area (Å²) in [5.74, 6) is 2.04. The Bertz CT molecular complexity index is 851. The first-order valence-corrected chi connectivity index (χ1v) is 10.8. The van der Waals surface area contributed by atoms with E-state index in [-0.39, 0.29) is 5.75 Å². The SMILES string of the molecule is CCCOc1cc(N2CCN(S(=O)(=O)Cc3ccccc3)CC2)nc(C)n1. The fourth-order valence-corrected chi connectivity index (χ4v) is 4.56. The molecule has 0 aliphatic carbocycles. The molecule has 0 N–H and O–H groups in total. The van der Waals surface area contributed by atoms with Gasteiger partial charge in [-0.15, -0.1) is 0 Å². The molecule has 1 fully saturated rings. The summed E-state index contributed by atoms with van der Waals surface area (Å²) in [5, 5.41) is 0. The molecule has 7 nitrogen and oxygen atoms in total. The molecule has 2 aromatic rings. The molecule has 0 radical (unpaired) electrons. The van der Waals surface area contributed by atoms with Gasteiger partial charge in [-0.1, -0.05) is 37.3 Å². The Labute approximate surface area is 161 Å². The molecule has 0 unspecified atom stereocenters. The van der Waals surface area contributed by atoms with E-state index in [4.69, 9.17) is 4.74 Å². The summed E-state index contributed by atoms with van der Waals surface area (Å²) in [7, 11) is -3.32. The molecule has 146 valence electrons. The monoisotopic (exact) mass is 390 g/mol. The van der Waals surface area contributed by atoms with Crippen molar-refractivity contribution in [2.45, 2.75) is 26.0 Å². The van der Waals surface area contributed by atoms with Crippen LogP contribution in [-0.2, 0) is 15.8 Å². The third kappa shape index (κ3) is 5.17. The number of sulfonamides is 1. The van der Waals surface area contributed by atoms with E-state index in [2.05, 4.69) is 14.9 Å². The fraction of sp³-hybridized carbons (Fsp3) is 0.474. The van der Waals surface area contributed by atoms with Crippen molar-refractivity contribution in [2.24, 2.45) is 0 Å². The summed E-state index contributed by atoms with van der Waals surface area (Å²) in [6.07, 6.45) is 0.913. The van der Waals surface area contributed by atoms with Crippen LogP contribution in [-0.4, -0.2) is 55.5 Å². The van der Waals surface area contributed by atoms with Crippen LogP contribution in [0.25, 0.3) is 0 Å². The molecule has 8 heteroatoms. The van der Waals surface area contributed by atoms with Crippen molar-refractivity contribution in [1.29, 1.82) is 0 Å². The number of rotatable bonds is 7. The molecule has 1 aromatic heterocycles. The second-order valence-electron chi connectivity index (χ2n) is 6.59. The predicted octanol–water partition coefficient (Wildman–Crippen LogP) is 2.23. The van der Waals surface area contributed by atoms with Gasteiger partial charge in [0.05, 0.1) is 12.4 Å². The van der Waals surface area contributed by atoms with Crippen molar-refractivity contribution in [3.8, 4) is 5.88 Å². The molecule has 0 bridgehead atoms. The third-order valence-electron chi connectivity index (χ3n) is 4.40. The molecule has 0 amide bonds. The van der Waals surface area contributed by atoms with Crippen molar-refractivity contribution < 1.29 is 13.2 Å². The lowest BCUT2D eigenvalue weighted by atomic mass is 10.2. The van der Waals surface area contributed by atoms with Gasteiger partial charge in [0.2, 0.25) is 15.9 Å². The molecule has 27 heavy (non-hydrogen) atoms. The van der Waals surface area contributed by atoms with Gasteiger partial charge in [-0.3, -0.25) is 0 Å². The van der Waals surface area contributed by atoms with E-state index in [1.165, 1.54) is 0 Å². The Kier molecular flexibility index (Phi) is 6.28. The van der Waals surface area contributed by atoms with E-state index in [9.17, 15) is 8.42 Å². The molecule has 1 saturated heterocycles. The highest BCUT2D eigenvalue weighted by molar-refractivity contribution is 7.88. The summed E-state index contributed by atoms with van der Waals surface area (Å²) in [4.78, 5) is 10.9. The maximum Gasteiger partial charge on any atom is 0.218 e. The van der Waals surface area contributed by atoms with Gasteiger partial charge >= 0.3 is 0 Å². The number of piperazine rings is 1. The molecular formula is C19H26N4O3S.